The molecule has 4 rings (SSSR count). The first-order valence-electron chi connectivity index (χ1n) is 9.99. The second-order valence-electron chi connectivity index (χ2n) is 7.19. The Morgan fingerprint density at radius 1 is 0.903 bits per heavy atom. The average molecular weight is 434 g/mol. The molecule has 1 aromatic heterocycles. The molecule has 2 N–H and O–H groups in total. The fourth-order valence-electron chi connectivity index (χ4n) is 3.71. The third-order valence-electron chi connectivity index (χ3n) is 5.24. The number of anilines is 1. The van der Waals surface area contributed by atoms with E-state index in [1.807, 2.05) is 59.3 Å². The van der Waals surface area contributed by atoms with Gasteiger partial charge in [-0.1, -0.05) is 35.9 Å². The Labute approximate surface area is 187 Å². The maximum Gasteiger partial charge on any atom is 0.131 e. The molecule has 0 amide bonds. The van der Waals surface area contributed by atoms with Crippen molar-refractivity contribution in [2.45, 2.75) is 12.8 Å². The third kappa shape index (κ3) is 4.37. The topological polar surface area (TPSA) is 62.3 Å². The summed E-state index contributed by atoms with van der Waals surface area (Å²) in [6, 6.07) is 21.6. The smallest absolute Gasteiger partial charge is 0.131 e. The van der Waals surface area contributed by atoms with E-state index in [2.05, 4.69) is 17.2 Å². The number of aryl methyl sites for hydroxylation is 2. The SMILES string of the molecule is COc1cc(OC)c(-c2ccnn2-c2ccccc2Cl)cc1CCc1cccc(N)c1. The monoisotopic (exact) mass is 433 g/mol. The molecule has 0 atom stereocenters. The number of hydrogen-bond acceptors (Lipinski definition) is 4. The number of hydrogen-bond donors (Lipinski definition) is 1. The maximum absolute atomic E-state index is 6.44. The van der Waals surface area contributed by atoms with Crippen LogP contribution >= 0.6 is 11.6 Å². The summed E-state index contributed by atoms with van der Waals surface area (Å²) in [5, 5.41) is 5.13. The van der Waals surface area contributed by atoms with Gasteiger partial charge in [0.15, 0.2) is 0 Å². The number of aromatic nitrogens is 2. The first kappa shape index (κ1) is 20.8. The lowest BCUT2D eigenvalue weighted by Gasteiger charge is -2.16. The van der Waals surface area contributed by atoms with E-state index in [1.54, 1.807) is 20.4 Å². The van der Waals surface area contributed by atoms with Crippen molar-refractivity contribution in [1.29, 1.82) is 0 Å². The van der Waals surface area contributed by atoms with Gasteiger partial charge in [-0.3, -0.25) is 0 Å². The van der Waals surface area contributed by atoms with Crippen LogP contribution in [-0.2, 0) is 12.8 Å². The zero-order chi connectivity index (χ0) is 21.8. The van der Waals surface area contributed by atoms with Gasteiger partial charge >= 0.3 is 0 Å². The van der Waals surface area contributed by atoms with Gasteiger partial charge in [-0.05, 0) is 60.4 Å². The summed E-state index contributed by atoms with van der Waals surface area (Å²) >= 11 is 6.44. The van der Waals surface area contributed by atoms with E-state index in [1.165, 1.54) is 5.56 Å². The molecule has 0 radical (unpaired) electrons. The predicted octanol–water partition coefficient (Wildman–Crippen LogP) is 5.58. The largest absolute Gasteiger partial charge is 0.496 e. The van der Waals surface area contributed by atoms with Crippen molar-refractivity contribution in [2.75, 3.05) is 20.0 Å². The van der Waals surface area contributed by atoms with Crippen LogP contribution in [0.4, 0.5) is 5.69 Å². The number of benzene rings is 3. The molecule has 0 bridgehead atoms. The second kappa shape index (κ2) is 9.14. The standard InChI is InChI=1S/C25H24ClN3O2/c1-30-24-16-25(31-2)20(15-18(24)11-10-17-6-5-7-19(27)14-17)22-12-13-28-29(22)23-9-4-3-8-21(23)26/h3-9,12-16H,10-11,27H2,1-2H3. The molecule has 0 fully saturated rings. The van der Waals surface area contributed by atoms with Gasteiger partial charge in [-0.25, -0.2) is 4.68 Å². The number of nitrogen functional groups attached to an aromatic ring is 1. The molecule has 0 aliphatic rings. The van der Waals surface area contributed by atoms with Gasteiger partial charge in [0, 0.05) is 17.3 Å². The number of methoxy groups -OCH3 is 2. The van der Waals surface area contributed by atoms with Crippen LogP contribution in [0.25, 0.3) is 16.9 Å². The number of ether oxygens (including phenoxy) is 2. The van der Waals surface area contributed by atoms with Crippen molar-refractivity contribution in [3.8, 4) is 28.4 Å². The number of para-hydroxylation sites is 1. The van der Waals surface area contributed by atoms with Gasteiger partial charge in [0.1, 0.15) is 11.5 Å². The number of halogens is 1. The molecule has 1 heterocycles. The van der Waals surface area contributed by atoms with Crippen LogP contribution in [0.5, 0.6) is 11.5 Å². The minimum atomic E-state index is 0.627. The van der Waals surface area contributed by atoms with Crippen molar-refractivity contribution in [3.63, 3.8) is 0 Å². The molecule has 0 saturated carbocycles. The minimum absolute atomic E-state index is 0.627. The Bertz CT molecular complexity index is 1200. The van der Waals surface area contributed by atoms with Crippen LogP contribution in [0.1, 0.15) is 11.1 Å². The highest BCUT2D eigenvalue weighted by Crippen LogP contribution is 2.38. The van der Waals surface area contributed by atoms with E-state index in [4.69, 9.17) is 26.8 Å². The van der Waals surface area contributed by atoms with Gasteiger partial charge < -0.3 is 15.2 Å². The van der Waals surface area contributed by atoms with Crippen molar-refractivity contribution in [1.82, 2.24) is 9.78 Å². The molecule has 0 unspecified atom stereocenters. The molecule has 6 heteroatoms. The molecule has 0 aliphatic carbocycles. The van der Waals surface area contributed by atoms with Crippen LogP contribution in [0.2, 0.25) is 5.02 Å². The minimum Gasteiger partial charge on any atom is -0.496 e. The quantitative estimate of drug-likeness (QED) is 0.386. The summed E-state index contributed by atoms with van der Waals surface area (Å²) < 4.78 is 13.2. The number of nitrogens with two attached hydrogens (primary N) is 1. The lowest BCUT2D eigenvalue weighted by atomic mass is 9.99. The van der Waals surface area contributed by atoms with Crippen LogP contribution < -0.4 is 15.2 Å². The van der Waals surface area contributed by atoms with Gasteiger partial charge in [-0.2, -0.15) is 5.10 Å². The van der Waals surface area contributed by atoms with Crippen LogP contribution in [0.15, 0.2) is 72.9 Å². The van der Waals surface area contributed by atoms with E-state index in [-0.39, 0.29) is 0 Å². The molecule has 0 spiro atoms. The molecular weight excluding hydrogens is 410 g/mol. The Hall–Kier alpha value is -3.44. The normalized spacial score (nSPS) is 10.8. The van der Waals surface area contributed by atoms with Gasteiger partial charge in [0.25, 0.3) is 0 Å². The highest BCUT2D eigenvalue weighted by molar-refractivity contribution is 6.32. The lowest BCUT2D eigenvalue weighted by molar-refractivity contribution is 0.392. The van der Waals surface area contributed by atoms with E-state index in [9.17, 15) is 0 Å². The molecule has 0 aliphatic heterocycles. The lowest BCUT2D eigenvalue weighted by Crippen LogP contribution is -2.03. The van der Waals surface area contributed by atoms with Crippen molar-refractivity contribution in [2.24, 2.45) is 0 Å². The van der Waals surface area contributed by atoms with Gasteiger partial charge in [0.2, 0.25) is 0 Å². The van der Waals surface area contributed by atoms with Crippen LogP contribution in [0.3, 0.4) is 0 Å². The van der Waals surface area contributed by atoms with Crippen LogP contribution in [-0.4, -0.2) is 24.0 Å². The number of nitrogens with zero attached hydrogens (tertiary/aromatic N) is 2. The van der Waals surface area contributed by atoms with E-state index in [0.29, 0.717) is 10.8 Å². The summed E-state index contributed by atoms with van der Waals surface area (Å²) in [7, 11) is 3.33. The zero-order valence-electron chi connectivity index (χ0n) is 17.5. The zero-order valence-corrected chi connectivity index (χ0v) is 18.3. The van der Waals surface area contributed by atoms with Crippen molar-refractivity contribution < 1.29 is 9.47 Å². The Balaban J connectivity index is 1.76. The summed E-state index contributed by atoms with van der Waals surface area (Å²) in [4.78, 5) is 0. The third-order valence-corrected chi connectivity index (χ3v) is 5.56. The fourth-order valence-corrected chi connectivity index (χ4v) is 3.93. The van der Waals surface area contributed by atoms with Gasteiger partial charge in [0.05, 0.1) is 36.8 Å². The van der Waals surface area contributed by atoms with Gasteiger partial charge in [-0.15, -0.1) is 0 Å². The first-order chi connectivity index (χ1) is 15.1. The first-order valence-corrected chi connectivity index (χ1v) is 10.4. The highest BCUT2D eigenvalue weighted by Gasteiger charge is 2.18. The molecule has 0 saturated heterocycles. The van der Waals surface area contributed by atoms with Crippen molar-refractivity contribution >= 4 is 17.3 Å². The predicted molar refractivity (Wildman–Crippen MR) is 125 cm³/mol. The number of rotatable bonds is 7. The van der Waals surface area contributed by atoms with Crippen molar-refractivity contribution in [3.05, 3.63) is 89.1 Å². The Morgan fingerprint density at radius 2 is 1.71 bits per heavy atom. The molecule has 3 aromatic carbocycles. The molecular formula is C25H24ClN3O2. The summed E-state index contributed by atoms with van der Waals surface area (Å²) in [6.45, 7) is 0. The highest BCUT2D eigenvalue weighted by atomic mass is 35.5. The fraction of sp³-hybridized carbons (Fsp3) is 0.160. The summed E-state index contributed by atoms with van der Waals surface area (Å²) in [5.74, 6) is 1.49. The summed E-state index contributed by atoms with van der Waals surface area (Å²) in [5.41, 5.74) is 11.6. The maximum atomic E-state index is 6.44. The van der Waals surface area contributed by atoms with Crippen LogP contribution in [0, 0.1) is 0 Å². The molecule has 5 nitrogen and oxygen atoms in total. The Morgan fingerprint density at radius 3 is 2.45 bits per heavy atom. The Kier molecular flexibility index (Phi) is 6.14. The molecule has 31 heavy (non-hydrogen) atoms. The van der Waals surface area contributed by atoms with E-state index >= 15 is 0 Å². The van der Waals surface area contributed by atoms with E-state index < -0.39 is 0 Å². The molecule has 158 valence electrons. The van der Waals surface area contributed by atoms with E-state index in [0.717, 1.165) is 46.8 Å². The summed E-state index contributed by atoms with van der Waals surface area (Å²) in [6.07, 6.45) is 3.40. The second-order valence-corrected chi connectivity index (χ2v) is 7.60. The average Bonchev–Trinajstić information content (AvgIpc) is 3.27. The molecule has 4 aromatic rings.